The number of aryl methyl sites for hydroxylation is 1. The van der Waals surface area contributed by atoms with E-state index in [-0.39, 0.29) is 11.5 Å². The molecule has 1 fully saturated rings. The predicted molar refractivity (Wildman–Crippen MR) is 77.7 cm³/mol. The number of phenolic OH excluding ortho intramolecular Hbond substituents is 1. The van der Waals surface area contributed by atoms with Gasteiger partial charge in [0.05, 0.1) is 6.04 Å². The molecule has 2 N–H and O–H groups in total. The second-order valence-corrected chi connectivity index (χ2v) is 5.63. The smallest absolute Gasteiger partial charge is 0.252 e. The molecule has 0 saturated heterocycles. The van der Waals surface area contributed by atoms with Crippen LogP contribution in [-0.2, 0) is 0 Å². The molecule has 7 heteroatoms. The molecular weight excluding hydrogens is 304 g/mol. The first-order valence-electron chi connectivity index (χ1n) is 7.24. The molecule has 120 valence electrons. The summed E-state index contributed by atoms with van der Waals surface area (Å²) in [7, 11) is 0. The molecule has 1 aliphatic rings. The van der Waals surface area contributed by atoms with Crippen molar-refractivity contribution in [3.8, 4) is 5.75 Å². The van der Waals surface area contributed by atoms with Crippen molar-refractivity contribution < 1.29 is 18.7 Å². The Bertz CT molecular complexity index is 740. The molecule has 0 radical (unpaired) electrons. The van der Waals surface area contributed by atoms with Gasteiger partial charge in [-0.15, -0.1) is 0 Å². The van der Waals surface area contributed by atoms with Crippen molar-refractivity contribution in [2.24, 2.45) is 5.92 Å². The Morgan fingerprint density at radius 3 is 2.57 bits per heavy atom. The van der Waals surface area contributed by atoms with E-state index in [1.165, 1.54) is 0 Å². The van der Waals surface area contributed by atoms with Crippen LogP contribution >= 0.6 is 0 Å². The molecule has 1 aliphatic carbocycles. The predicted octanol–water partition coefficient (Wildman–Crippen LogP) is 2.65. The third kappa shape index (κ3) is 3.28. The highest BCUT2D eigenvalue weighted by atomic mass is 19.1. The zero-order valence-corrected chi connectivity index (χ0v) is 12.4. The second kappa shape index (κ2) is 5.91. The SMILES string of the molecule is Cc1ccnc([C@H](NC(=O)c2cc(F)c(O)c(F)c2)C2CC2)n1. The summed E-state index contributed by atoms with van der Waals surface area (Å²) in [6, 6.07) is 2.95. The van der Waals surface area contributed by atoms with Crippen LogP contribution < -0.4 is 5.32 Å². The van der Waals surface area contributed by atoms with E-state index in [4.69, 9.17) is 5.11 Å². The molecule has 3 rings (SSSR count). The summed E-state index contributed by atoms with van der Waals surface area (Å²) in [5.41, 5.74) is 0.577. The van der Waals surface area contributed by atoms with Crippen LogP contribution in [0, 0.1) is 24.5 Å². The second-order valence-electron chi connectivity index (χ2n) is 5.63. The highest BCUT2D eigenvalue weighted by Crippen LogP contribution is 2.40. The molecule has 1 aromatic heterocycles. The van der Waals surface area contributed by atoms with E-state index in [1.54, 1.807) is 12.3 Å². The lowest BCUT2D eigenvalue weighted by Gasteiger charge is -2.17. The molecule has 1 atom stereocenters. The number of rotatable bonds is 4. The zero-order chi connectivity index (χ0) is 16.6. The van der Waals surface area contributed by atoms with Gasteiger partial charge < -0.3 is 10.4 Å². The van der Waals surface area contributed by atoms with Crippen molar-refractivity contribution in [1.29, 1.82) is 0 Å². The van der Waals surface area contributed by atoms with E-state index in [2.05, 4.69) is 15.3 Å². The average Bonchev–Trinajstić information content (AvgIpc) is 3.34. The fraction of sp³-hybridized carbons (Fsp3) is 0.312. The minimum absolute atomic E-state index is 0.198. The minimum Gasteiger partial charge on any atom is -0.503 e. The Kier molecular flexibility index (Phi) is 3.94. The first-order chi connectivity index (χ1) is 11.0. The zero-order valence-electron chi connectivity index (χ0n) is 12.4. The van der Waals surface area contributed by atoms with Crippen molar-refractivity contribution in [3.05, 3.63) is 53.1 Å². The van der Waals surface area contributed by atoms with E-state index in [9.17, 15) is 13.6 Å². The maximum Gasteiger partial charge on any atom is 0.252 e. The maximum atomic E-state index is 13.4. The van der Waals surface area contributed by atoms with Crippen molar-refractivity contribution in [3.63, 3.8) is 0 Å². The lowest BCUT2D eigenvalue weighted by Crippen LogP contribution is -2.31. The largest absolute Gasteiger partial charge is 0.503 e. The standard InChI is InChI=1S/C16H15F2N3O2/c1-8-4-5-19-15(20-8)13(9-2-3-9)21-16(23)10-6-11(17)14(22)12(18)7-10/h4-7,9,13,22H,2-3H2,1H3,(H,21,23)/t13-/m1/s1. The van der Waals surface area contributed by atoms with Crippen molar-refractivity contribution in [1.82, 2.24) is 15.3 Å². The Balaban J connectivity index is 1.85. The van der Waals surface area contributed by atoms with Crippen LogP contribution in [0.1, 0.15) is 40.8 Å². The van der Waals surface area contributed by atoms with E-state index in [0.717, 1.165) is 30.7 Å². The number of hydrogen-bond donors (Lipinski definition) is 2. The topological polar surface area (TPSA) is 75.1 Å². The first-order valence-corrected chi connectivity index (χ1v) is 7.24. The fourth-order valence-electron chi connectivity index (χ4n) is 2.36. The number of carbonyl (C=O) groups excluding carboxylic acids is 1. The number of phenols is 1. The lowest BCUT2D eigenvalue weighted by atomic mass is 10.1. The fourth-order valence-corrected chi connectivity index (χ4v) is 2.36. The van der Waals surface area contributed by atoms with E-state index < -0.39 is 29.3 Å². The van der Waals surface area contributed by atoms with Crippen molar-refractivity contribution in [2.45, 2.75) is 25.8 Å². The van der Waals surface area contributed by atoms with Gasteiger partial charge in [0.15, 0.2) is 23.2 Å². The Labute approximate surface area is 131 Å². The Morgan fingerprint density at radius 1 is 1.35 bits per heavy atom. The maximum absolute atomic E-state index is 13.4. The number of benzene rings is 1. The molecule has 0 aliphatic heterocycles. The van der Waals surface area contributed by atoms with Gasteiger partial charge in [-0.2, -0.15) is 0 Å². The highest BCUT2D eigenvalue weighted by molar-refractivity contribution is 5.94. The van der Waals surface area contributed by atoms with Gasteiger partial charge >= 0.3 is 0 Å². The van der Waals surface area contributed by atoms with Crippen LogP contribution in [0.15, 0.2) is 24.4 Å². The molecule has 0 unspecified atom stereocenters. The number of aromatic hydroxyl groups is 1. The molecular formula is C16H15F2N3O2. The van der Waals surface area contributed by atoms with E-state index in [0.29, 0.717) is 5.82 Å². The molecule has 23 heavy (non-hydrogen) atoms. The Hall–Kier alpha value is -2.57. The van der Waals surface area contributed by atoms with Gasteiger partial charge in [0.2, 0.25) is 0 Å². The van der Waals surface area contributed by atoms with Crippen LogP contribution in [0.2, 0.25) is 0 Å². The van der Waals surface area contributed by atoms with Gasteiger partial charge in [-0.3, -0.25) is 4.79 Å². The summed E-state index contributed by atoms with van der Waals surface area (Å²) in [6.45, 7) is 1.82. The monoisotopic (exact) mass is 319 g/mol. The number of nitrogens with one attached hydrogen (secondary N) is 1. The number of halogens is 2. The first kappa shape index (κ1) is 15.3. The average molecular weight is 319 g/mol. The normalized spacial score (nSPS) is 15.3. The van der Waals surface area contributed by atoms with Crippen molar-refractivity contribution >= 4 is 5.91 Å². The summed E-state index contributed by atoms with van der Waals surface area (Å²) >= 11 is 0. The molecule has 2 aromatic rings. The van der Waals surface area contributed by atoms with Crippen LogP contribution in [0.3, 0.4) is 0 Å². The van der Waals surface area contributed by atoms with Crippen LogP contribution in [0.4, 0.5) is 8.78 Å². The van der Waals surface area contributed by atoms with Gasteiger partial charge in [0, 0.05) is 17.5 Å². The molecule has 1 aromatic carbocycles. The minimum atomic E-state index is -1.18. The highest BCUT2D eigenvalue weighted by Gasteiger charge is 2.35. The molecule has 0 spiro atoms. The summed E-state index contributed by atoms with van der Waals surface area (Å²) in [4.78, 5) is 20.8. The van der Waals surface area contributed by atoms with Crippen LogP contribution in [-0.4, -0.2) is 21.0 Å². The molecule has 5 nitrogen and oxygen atoms in total. The van der Waals surface area contributed by atoms with Crippen molar-refractivity contribution in [2.75, 3.05) is 0 Å². The van der Waals surface area contributed by atoms with Crippen LogP contribution in [0.5, 0.6) is 5.75 Å². The molecule has 1 heterocycles. The van der Waals surface area contributed by atoms with Gasteiger partial charge in [0.1, 0.15) is 0 Å². The quantitative estimate of drug-likeness (QED) is 0.908. The molecule has 1 amide bonds. The van der Waals surface area contributed by atoms with Gasteiger partial charge in [0.25, 0.3) is 5.91 Å². The Morgan fingerprint density at radius 2 is 2.00 bits per heavy atom. The van der Waals surface area contributed by atoms with E-state index >= 15 is 0 Å². The number of amides is 1. The summed E-state index contributed by atoms with van der Waals surface area (Å²) in [5.74, 6) is -3.38. The van der Waals surface area contributed by atoms with Crippen LogP contribution in [0.25, 0.3) is 0 Å². The van der Waals surface area contributed by atoms with Gasteiger partial charge in [-0.05, 0) is 43.9 Å². The summed E-state index contributed by atoms with van der Waals surface area (Å²) in [6.07, 6.45) is 3.47. The number of hydrogen-bond acceptors (Lipinski definition) is 4. The number of carbonyl (C=O) groups is 1. The lowest BCUT2D eigenvalue weighted by molar-refractivity contribution is 0.0928. The number of aromatic nitrogens is 2. The van der Waals surface area contributed by atoms with E-state index in [1.807, 2.05) is 6.92 Å². The van der Waals surface area contributed by atoms with Gasteiger partial charge in [-0.1, -0.05) is 0 Å². The number of nitrogens with zero attached hydrogens (tertiary/aromatic N) is 2. The van der Waals surface area contributed by atoms with Gasteiger partial charge in [-0.25, -0.2) is 18.7 Å². The molecule has 0 bridgehead atoms. The summed E-state index contributed by atoms with van der Waals surface area (Å²) in [5, 5.41) is 11.8. The third-order valence-corrected chi connectivity index (χ3v) is 3.75. The summed E-state index contributed by atoms with van der Waals surface area (Å²) < 4.78 is 26.8. The third-order valence-electron chi connectivity index (χ3n) is 3.75. The molecule has 1 saturated carbocycles.